The zero-order valence-corrected chi connectivity index (χ0v) is 10.7. The third-order valence-corrected chi connectivity index (χ3v) is 2.95. The van der Waals surface area contributed by atoms with Gasteiger partial charge in [0.15, 0.2) is 0 Å². The van der Waals surface area contributed by atoms with Crippen LogP contribution in [0.15, 0.2) is 29.2 Å². The summed E-state index contributed by atoms with van der Waals surface area (Å²) >= 11 is -0.0651. The molecule has 5 heteroatoms. The van der Waals surface area contributed by atoms with Crippen molar-refractivity contribution in [2.24, 2.45) is 0 Å². The molecular formula is C12H16F3NS. The van der Waals surface area contributed by atoms with Crippen LogP contribution in [0.25, 0.3) is 0 Å². The van der Waals surface area contributed by atoms with Gasteiger partial charge in [-0.1, -0.05) is 19.1 Å². The minimum absolute atomic E-state index is 0.0651. The second-order valence-electron chi connectivity index (χ2n) is 3.86. The number of rotatable bonds is 5. The van der Waals surface area contributed by atoms with Gasteiger partial charge in [0.2, 0.25) is 0 Å². The van der Waals surface area contributed by atoms with Crippen LogP contribution in [0.2, 0.25) is 0 Å². The zero-order chi connectivity index (χ0) is 12.9. The van der Waals surface area contributed by atoms with E-state index in [1.165, 1.54) is 6.07 Å². The highest BCUT2D eigenvalue weighted by Crippen LogP contribution is 2.36. The van der Waals surface area contributed by atoms with Crippen LogP contribution in [-0.2, 0) is 6.42 Å². The van der Waals surface area contributed by atoms with Gasteiger partial charge in [0.1, 0.15) is 0 Å². The van der Waals surface area contributed by atoms with Gasteiger partial charge < -0.3 is 5.32 Å². The number of halogens is 3. The van der Waals surface area contributed by atoms with Gasteiger partial charge in [0.25, 0.3) is 0 Å². The molecule has 0 fully saturated rings. The van der Waals surface area contributed by atoms with Crippen LogP contribution >= 0.6 is 11.8 Å². The Morgan fingerprint density at radius 3 is 2.65 bits per heavy atom. The molecule has 0 spiro atoms. The summed E-state index contributed by atoms with van der Waals surface area (Å²) in [5, 5.41) is 3.23. The summed E-state index contributed by atoms with van der Waals surface area (Å²) in [4.78, 5) is 0.249. The summed E-state index contributed by atoms with van der Waals surface area (Å²) in [5.41, 5.74) is -3.29. The predicted molar refractivity (Wildman–Crippen MR) is 65.2 cm³/mol. The van der Waals surface area contributed by atoms with E-state index in [1.54, 1.807) is 12.1 Å². The SMILES string of the molecule is CCN[C@H](C)Cc1cccc(SC(F)(F)F)c1. The number of benzene rings is 1. The van der Waals surface area contributed by atoms with Crippen molar-refractivity contribution in [3.05, 3.63) is 29.8 Å². The maximum atomic E-state index is 12.2. The van der Waals surface area contributed by atoms with Crippen molar-refractivity contribution in [2.45, 2.75) is 36.7 Å². The fourth-order valence-corrected chi connectivity index (χ4v) is 2.27. The van der Waals surface area contributed by atoms with Crippen molar-refractivity contribution in [3.63, 3.8) is 0 Å². The number of thioether (sulfide) groups is 1. The van der Waals surface area contributed by atoms with Crippen molar-refractivity contribution in [3.8, 4) is 0 Å². The number of hydrogen-bond donors (Lipinski definition) is 1. The average Bonchev–Trinajstić information content (AvgIpc) is 2.15. The maximum Gasteiger partial charge on any atom is 0.446 e. The first-order valence-electron chi connectivity index (χ1n) is 5.49. The summed E-state index contributed by atoms with van der Waals surface area (Å²) in [7, 11) is 0. The highest BCUT2D eigenvalue weighted by molar-refractivity contribution is 8.00. The molecule has 1 aromatic carbocycles. The highest BCUT2D eigenvalue weighted by atomic mass is 32.2. The first-order chi connectivity index (χ1) is 7.90. The van der Waals surface area contributed by atoms with Crippen LogP contribution in [0.5, 0.6) is 0 Å². The molecular weight excluding hydrogens is 247 g/mol. The molecule has 1 aromatic rings. The molecule has 0 aromatic heterocycles. The molecule has 0 unspecified atom stereocenters. The van der Waals surface area contributed by atoms with Crippen molar-refractivity contribution in [2.75, 3.05) is 6.54 Å². The quantitative estimate of drug-likeness (QED) is 0.810. The Bertz CT molecular complexity index is 352. The fraction of sp³-hybridized carbons (Fsp3) is 0.500. The van der Waals surface area contributed by atoms with Crippen LogP contribution in [0.4, 0.5) is 13.2 Å². The van der Waals surface area contributed by atoms with Crippen LogP contribution in [-0.4, -0.2) is 18.1 Å². The molecule has 0 aliphatic rings. The summed E-state index contributed by atoms with van der Waals surface area (Å²) in [6.07, 6.45) is 0.736. The lowest BCUT2D eigenvalue weighted by Gasteiger charge is -2.13. The molecule has 17 heavy (non-hydrogen) atoms. The molecule has 0 aliphatic heterocycles. The van der Waals surface area contributed by atoms with Crippen LogP contribution in [0, 0.1) is 0 Å². The Balaban J connectivity index is 2.66. The highest BCUT2D eigenvalue weighted by Gasteiger charge is 2.29. The normalized spacial score (nSPS) is 13.7. The van der Waals surface area contributed by atoms with Gasteiger partial charge in [0, 0.05) is 10.9 Å². The first kappa shape index (κ1) is 14.4. The molecule has 0 saturated carbocycles. The molecule has 0 amide bonds. The number of alkyl halides is 3. The number of hydrogen-bond acceptors (Lipinski definition) is 2. The van der Waals surface area contributed by atoms with E-state index in [2.05, 4.69) is 5.32 Å². The Labute approximate surface area is 104 Å². The fourth-order valence-electron chi connectivity index (χ4n) is 1.64. The van der Waals surface area contributed by atoms with Crippen molar-refractivity contribution in [1.82, 2.24) is 5.32 Å². The van der Waals surface area contributed by atoms with Gasteiger partial charge in [-0.15, -0.1) is 0 Å². The molecule has 0 radical (unpaired) electrons. The Morgan fingerprint density at radius 1 is 1.35 bits per heavy atom. The minimum atomic E-state index is -4.22. The van der Waals surface area contributed by atoms with Gasteiger partial charge in [-0.2, -0.15) is 13.2 Å². The minimum Gasteiger partial charge on any atom is -0.314 e. The van der Waals surface area contributed by atoms with Gasteiger partial charge in [0.05, 0.1) is 0 Å². The molecule has 0 bridgehead atoms. The molecule has 1 rings (SSSR count). The Morgan fingerprint density at radius 2 is 2.06 bits per heavy atom. The van der Waals surface area contributed by atoms with Crippen molar-refractivity contribution < 1.29 is 13.2 Å². The van der Waals surface area contributed by atoms with Gasteiger partial charge in [-0.05, 0) is 49.3 Å². The molecule has 1 atom stereocenters. The topological polar surface area (TPSA) is 12.0 Å². The van der Waals surface area contributed by atoms with E-state index in [4.69, 9.17) is 0 Å². The van der Waals surface area contributed by atoms with Gasteiger partial charge in [-0.25, -0.2) is 0 Å². The number of likely N-dealkylation sites (N-methyl/N-ethyl adjacent to an activating group) is 1. The first-order valence-corrected chi connectivity index (χ1v) is 6.30. The van der Waals surface area contributed by atoms with Crippen molar-refractivity contribution >= 4 is 11.8 Å². The van der Waals surface area contributed by atoms with E-state index in [0.29, 0.717) is 0 Å². The Kier molecular flexibility index (Phi) is 5.33. The van der Waals surface area contributed by atoms with Gasteiger partial charge in [-0.3, -0.25) is 0 Å². The zero-order valence-electron chi connectivity index (χ0n) is 9.84. The molecule has 0 saturated heterocycles. The summed E-state index contributed by atoms with van der Waals surface area (Å²) < 4.78 is 36.6. The smallest absolute Gasteiger partial charge is 0.314 e. The largest absolute Gasteiger partial charge is 0.446 e. The maximum absolute atomic E-state index is 12.2. The van der Waals surface area contributed by atoms with E-state index < -0.39 is 5.51 Å². The van der Waals surface area contributed by atoms with Crippen LogP contribution in [0.3, 0.4) is 0 Å². The lowest BCUT2D eigenvalue weighted by atomic mass is 10.1. The molecule has 0 heterocycles. The average molecular weight is 263 g/mol. The monoisotopic (exact) mass is 263 g/mol. The second kappa shape index (κ2) is 6.31. The molecule has 96 valence electrons. The lowest BCUT2D eigenvalue weighted by Crippen LogP contribution is -2.27. The summed E-state index contributed by atoms with van der Waals surface area (Å²) in [6.45, 7) is 4.89. The third kappa shape index (κ3) is 5.98. The number of nitrogens with one attached hydrogen (secondary N) is 1. The second-order valence-corrected chi connectivity index (χ2v) is 5.00. The standard InChI is InChI=1S/C12H16F3NS/c1-3-16-9(2)7-10-5-4-6-11(8-10)17-12(13,14)15/h4-6,8-9,16H,3,7H2,1-2H3/t9-/m1/s1. The van der Waals surface area contributed by atoms with Gasteiger partial charge >= 0.3 is 5.51 Å². The van der Waals surface area contributed by atoms with Crippen molar-refractivity contribution in [1.29, 1.82) is 0 Å². The molecule has 1 nitrogen and oxygen atoms in total. The van der Waals surface area contributed by atoms with E-state index in [1.807, 2.05) is 19.9 Å². The van der Waals surface area contributed by atoms with Crippen LogP contribution in [0.1, 0.15) is 19.4 Å². The Hall–Kier alpha value is -0.680. The molecule has 0 aliphatic carbocycles. The summed E-state index contributed by atoms with van der Waals surface area (Å²) in [5.74, 6) is 0. The third-order valence-electron chi connectivity index (χ3n) is 2.23. The van der Waals surface area contributed by atoms with E-state index in [-0.39, 0.29) is 22.7 Å². The molecule has 1 N–H and O–H groups in total. The summed E-state index contributed by atoms with van der Waals surface area (Å²) in [6, 6.07) is 6.88. The van der Waals surface area contributed by atoms with Crippen LogP contribution < -0.4 is 5.32 Å². The van der Waals surface area contributed by atoms with E-state index in [9.17, 15) is 13.2 Å². The lowest BCUT2D eigenvalue weighted by molar-refractivity contribution is -0.0328. The van der Waals surface area contributed by atoms with E-state index >= 15 is 0 Å². The predicted octanol–water partition coefficient (Wildman–Crippen LogP) is 3.84. The van der Waals surface area contributed by atoms with E-state index in [0.717, 1.165) is 18.5 Å².